The van der Waals surface area contributed by atoms with Gasteiger partial charge in [0.05, 0.1) is 6.54 Å². The van der Waals surface area contributed by atoms with Crippen LogP contribution in [0.3, 0.4) is 0 Å². The minimum atomic E-state index is -4.35. The van der Waals surface area contributed by atoms with Crippen LogP contribution in [0, 0.1) is 0 Å². The third-order valence-corrected chi connectivity index (χ3v) is 5.54. The van der Waals surface area contributed by atoms with E-state index in [0.29, 0.717) is 13.1 Å². The SMILES string of the molecule is CCC1CN(Cc2nnnn2CC(F)(F)F)CC(C)S1=O. The molecule has 0 aliphatic carbocycles. The predicted octanol–water partition coefficient (Wildman–Crippen LogP) is 0.967. The van der Waals surface area contributed by atoms with E-state index in [1.54, 1.807) is 0 Å². The van der Waals surface area contributed by atoms with E-state index in [2.05, 4.69) is 15.5 Å². The topological polar surface area (TPSA) is 63.9 Å². The van der Waals surface area contributed by atoms with Gasteiger partial charge in [0.2, 0.25) is 0 Å². The van der Waals surface area contributed by atoms with Crippen molar-refractivity contribution >= 4 is 10.8 Å². The molecule has 0 radical (unpaired) electrons. The molecule has 0 saturated carbocycles. The highest BCUT2D eigenvalue weighted by Gasteiger charge is 2.33. The van der Waals surface area contributed by atoms with E-state index in [0.717, 1.165) is 11.1 Å². The van der Waals surface area contributed by atoms with Crippen molar-refractivity contribution < 1.29 is 17.4 Å². The number of rotatable bonds is 4. The highest BCUT2D eigenvalue weighted by molar-refractivity contribution is 7.86. The first kappa shape index (κ1) is 16.3. The molecule has 1 saturated heterocycles. The van der Waals surface area contributed by atoms with Crippen LogP contribution in [0.15, 0.2) is 0 Å². The molecule has 3 unspecified atom stereocenters. The smallest absolute Gasteiger partial charge is 0.293 e. The van der Waals surface area contributed by atoms with E-state index in [9.17, 15) is 17.4 Å². The maximum Gasteiger partial charge on any atom is 0.408 e. The Bertz CT molecular complexity index is 506. The number of hydrogen-bond acceptors (Lipinski definition) is 5. The Balaban J connectivity index is 2.05. The van der Waals surface area contributed by atoms with Crippen LogP contribution in [0.25, 0.3) is 0 Å². The summed E-state index contributed by atoms with van der Waals surface area (Å²) < 4.78 is 50.1. The van der Waals surface area contributed by atoms with E-state index >= 15 is 0 Å². The fraction of sp³-hybridized carbons (Fsp3) is 0.909. The Morgan fingerprint density at radius 2 is 2.10 bits per heavy atom. The van der Waals surface area contributed by atoms with Crippen LogP contribution in [-0.2, 0) is 23.9 Å². The first-order valence-electron chi connectivity index (χ1n) is 6.73. The van der Waals surface area contributed by atoms with E-state index in [1.165, 1.54) is 0 Å². The second kappa shape index (κ2) is 6.39. The van der Waals surface area contributed by atoms with Crippen LogP contribution in [0.4, 0.5) is 13.2 Å². The third kappa shape index (κ3) is 4.22. The van der Waals surface area contributed by atoms with Gasteiger partial charge in [0.15, 0.2) is 5.82 Å². The summed E-state index contributed by atoms with van der Waals surface area (Å²) in [6, 6.07) is 0. The molecule has 1 aliphatic heterocycles. The Hall–Kier alpha value is -1.03. The summed E-state index contributed by atoms with van der Waals surface area (Å²) >= 11 is 0. The number of hydrogen-bond donors (Lipinski definition) is 0. The highest BCUT2D eigenvalue weighted by Crippen LogP contribution is 2.20. The highest BCUT2D eigenvalue weighted by atomic mass is 32.2. The minimum absolute atomic E-state index is 0.00403. The molecule has 21 heavy (non-hydrogen) atoms. The minimum Gasteiger partial charge on any atom is -0.293 e. The molecule has 10 heteroatoms. The van der Waals surface area contributed by atoms with Gasteiger partial charge in [-0.2, -0.15) is 13.2 Å². The molecule has 120 valence electrons. The van der Waals surface area contributed by atoms with Gasteiger partial charge in [-0.05, 0) is 23.8 Å². The summed E-state index contributed by atoms with van der Waals surface area (Å²) in [6.45, 7) is 4.06. The van der Waals surface area contributed by atoms with Crippen LogP contribution >= 0.6 is 0 Å². The fourth-order valence-corrected chi connectivity index (χ4v) is 4.15. The van der Waals surface area contributed by atoms with E-state index in [1.807, 2.05) is 18.7 Å². The third-order valence-electron chi connectivity index (χ3n) is 3.46. The van der Waals surface area contributed by atoms with Crippen LogP contribution in [-0.4, -0.2) is 59.1 Å². The van der Waals surface area contributed by atoms with Crippen LogP contribution < -0.4 is 0 Å². The largest absolute Gasteiger partial charge is 0.408 e. The molecular weight excluding hydrogens is 307 g/mol. The normalized spacial score (nSPS) is 28.0. The van der Waals surface area contributed by atoms with Gasteiger partial charge in [0.1, 0.15) is 6.54 Å². The number of aromatic nitrogens is 4. The first-order valence-corrected chi connectivity index (χ1v) is 8.01. The lowest BCUT2D eigenvalue weighted by molar-refractivity contribution is -0.143. The lowest BCUT2D eigenvalue weighted by atomic mass is 10.2. The van der Waals surface area contributed by atoms with Crippen molar-refractivity contribution in [3.8, 4) is 0 Å². The summed E-state index contributed by atoms with van der Waals surface area (Å²) in [6.07, 6.45) is -3.58. The molecule has 0 bridgehead atoms. The van der Waals surface area contributed by atoms with Crippen molar-refractivity contribution in [3.63, 3.8) is 0 Å². The molecule has 2 heterocycles. The van der Waals surface area contributed by atoms with Crippen molar-refractivity contribution in [2.75, 3.05) is 13.1 Å². The fourth-order valence-electron chi connectivity index (χ4n) is 2.45. The molecule has 0 aromatic carbocycles. The average molecular weight is 325 g/mol. The second-order valence-electron chi connectivity index (χ2n) is 5.23. The molecule has 1 aromatic rings. The molecule has 1 aromatic heterocycles. The van der Waals surface area contributed by atoms with Gasteiger partial charge in [0, 0.05) is 34.4 Å². The molecule has 0 N–H and O–H groups in total. The van der Waals surface area contributed by atoms with Gasteiger partial charge in [-0.1, -0.05) is 6.92 Å². The van der Waals surface area contributed by atoms with Gasteiger partial charge in [-0.3, -0.25) is 9.11 Å². The van der Waals surface area contributed by atoms with Crippen molar-refractivity contribution in [1.29, 1.82) is 0 Å². The molecule has 0 amide bonds. The van der Waals surface area contributed by atoms with Crippen LogP contribution in [0.1, 0.15) is 26.1 Å². The standard InChI is InChI=1S/C11H18F3N5OS/c1-3-9-5-18(4-8(2)21(9)20)6-10-15-16-17-19(10)7-11(12,13)14/h8-9H,3-7H2,1-2H3. The van der Waals surface area contributed by atoms with Crippen LogP contribution in [0.2, 0.25) is 0 Å². The van der Waals surface area contributed by atoms with Gasteiger partial charge < -0.3 is 0 Å². The monoisotopic (exact) mass is 325 g/mol. The number of alkyl halides is 3. The van der Waals surface area contributed by atoms with E-state index in [-0.39, 0.29) is 22.9 Å². The average Bonchev–Trinajstić information content (AvgIpc) is 2.78. The number of nitrogens with zero attached hydrogens (tertiary/aromatic N) is 5. The Morgan fingerprint density at radius 3 is 2.71 bits per heavy atom. The van der Waals surface area contributed by atoms with Crippen molar-refractivity contribution in [1.82, 2.24) is 25.1 Å². The summed E-state index contributed by atoms with van der Waals surface area (Å²) in [5.74, 6) is 0.182. The first-order chi connectivity index (χ1) is 9.80. The van der Waals surface area contributed by atoms with E-state index in [4.69, 9.17) is 0 Å². The van der Waals surface area contributed by atoms with Gasteiger partial charge in [-0.25, -0.2) is 4.68 Å². The van der Waals surface area contributed by atoms with Gasteiger partial charge >= 0.3 is 6.18 Å². The quantitative estimate of drug-likeness (QED) is 0.825. The summed E-state index contributed by atoms with van der Waals surface area (Å²) in [5.41, 5.74) is 0. The molecular formula is C11H18F3N5OS. The zero-order chi connectivity index (χ0) is 15.6. The van der Waals surface area contributed by atoms with E-state index < -0.39 is 23.5 Å². The number of tetrazole rings is 1. The Kier molecular flexibility index (Phi) is 4.97. The van der Waals surface area contributed by atoms with Gasteiger partial charge in [-0.15, -0.1) is 5.10 Å². The second-order valence-corrected chi connectivity index (χ2v) is 7.36. The Morgan fingerprint density at radius 1 is 1.38 bits per heavy atom. The predicted molar refractivity (Wildman–Crippen MR) is 70.8 cm³/mol. The lowest BCUT2D eigenvalue weighted by Crippen LogP contribution is -2.48. The Labute approximate surface area is 123 Å². The van der Waals surface area contributed by atoms with Crippen molar-refractivity contribution in [2.45, 2.75) is 50.0 Å². The lowest BCUT2D eigenvalue weighted by Gasteiger charge is -2.35. The summed E-state index contributed by atoms with van der Waals surface area (Å²) in [7, 11) is -0.893. The molecule has 2 rings (SSSR count). The van der Waals surface area contributed by atoms with Gasteiger partial charge in [0.25, 0.3) is 0 Å². The molecule has 3 atom stereocenters. The zero-order valence-corrected chi connectivity index (χ0v) is 12.7. The zero-order valence-electron chi connectivity index (χ0n) is 11.9. The maximum absolute atomic E-state index is 12.4. The van der Waals surface area contributed by atoms with Crippen LogP contribution in [0.5, 0.6) is 0 Å². The molecule has 6 nitrogen and oxygen atoms in total. The molecule has 1 fully saturated rings. The van der Waals surface area contributed by atoms with Crippen molar-refractivity contribution in [2.24, 2.45) is 0 Å². The summed E-state index contributed by atoms with van der Waals surface area (Å²) in [4.78, 5) is 1.97. The summed E-state index contributed by atoms with van der Waals surface area (Å²) in [5, 5.41) is 10.4. The molecule has 1 aliphatic rings. The maximum atomic E-state index is 12.4. The number of halogens is 3. The molecule has 0 spiro atoms. The van der Waals surface area contributed by atoms with Crippen molar-refractivity contribution in [3.05, 3.63) is 5.82 Å².